The van der Waals surface area contributed by atoms with Crippen LogP contribution in [0, 0.1) is 17.3 Å². The van der Waals surface area contributed by atoms with Crippen molar-refractivity contribution in [1.82, 2.24) is 4.91 Å². The van der Waals surface area contributed by atoms with E-state index in [1.54, 1.807) is 12.1 Å². The molecular formula is C17H19FN5O2+. The summed E-state index contributed by atoms with van der Waals surface area (Å²) in [5, 5.41) is 3.51. The van der Waals surface area contributed by atoms with Crippen LogP contribution in [0.15, 0.2) is 40.1 Å². The number of aliphatic imine (C=N–C) groups is 1. The van der Waals surface area contributed by atoms with Crippen LogP contribution in [0.5, 0.6) is 0 Å². The minimum absolute atomic E-state index is 0.127. The molecule has 1 aromatic rings. The number of nitrogens with zero attached hydrogens (tertiary/aromatic N) is 4. The molecule has 0 spiro atoms. The SMILES string of the molecule is CC1=CC(CCc2ccc(N3C[C@H](CN=[N+]=N)OC3=O)cc2F)C=N1. The van der Waals surface area contributed by atoms with Gasteiger partial charge in [-0.15, -0.1) is 0 Å². The highest BCUT2D eigenvalue weighted by molar-refractivity contribution is 5.89. The molecule has 130 valence electrons. The van der Waals surface area contributed by atoms with E-state index in [2.05, 4.69) is 21.1 Å². The Morgan fingerprint density at radius 3 is 3.04 bits per heavy atom. The van der Waals surface area contributed by atoms with Gasteiger partial charge in [0, 0.05) is 17.8 Å². The van der Waals surface area contributed by atoms with Gasteiger partial charge in [0.1, 0.15) is 22.6 Å². The molecule has 1 fully saturated rings. The van der Waals surface area contributed by atoms with E-state index in [-0.39, 0.29) is 24.8 Å². The number of hydrogen-bond acceptors (Lipinski definition) is 5. The molecule has 1 saturated heterocycles. The minimum Gasteiger partial charge on any atom is -0.442 e. The van der Waals surface area contributed by atoms with Gasteiger partial charge in [-0.05, 0) is 37.5 Å². The zero-order valence-corrected chi connectivity index (χ0v) is 13.9. The maximum atomic E-state index is 14.4. The van der Waals surface area contributed by atoms with E-state index in [0.717, 1.165) is 12.1 Å². The van der Waals surface area contributed by atoms with Gasteiger partial charge in [-0.25, -0.2) is 9.18 Å². The van der Waals surface area contributed by atoms with Crippen molar-refractivity contribution >= 4 is 18.0 Å². The topological polar surface area (TPSA) is 92.2 Å². The number of hydrogen-bond donors (Lipinski definition) is 1. The van der Waals surface area contributed by atoms with Crippen molar-refractivity contribution in [2.75, 3.05) is 18.0 Å². The quantitative estimate of drug-likeness (QED) is 0.634. The van der Waals surface area contributed by atoms with Gasteiger partial charge in [0.15, 0.2) is 6.54 Å². The molecule has 25 heavy (non-hydrogen) atoms. The summed E-state index contributed by atoms with van der Waals surface area (Å²) in [5.74, 6) is -0.0881. The molecule has 2 aliphatic rings. The summed E-state index contributed by atoms with van der Waals surface area (Å²) in [5.41, 5.74) is 8.70. The number of benzene rings is 1. The first-order chi connectivity index (χ1) is 12.1. The van der Waals surface area contributed by atoms with E-state index in [4.69, 9.17) is 10.3 Å². The molecule has 0 aromatic heterocycles. The van der Waals surface area contributed by atoms with Gasteiger partial charge < -0.3 is 4.74 Å². The molecule has 0 saturated carbocycles. The van der Waals surface area contributed by atoms with E-state index < -0.39 is 12.2 Å². The third-order valence-electron chi connectivity index (χ3n) is 4.25. The molecule has 1 aromatic carbocycles. The van der Waals surface area contributed by atoms with Crippen molar-refractivity contribution in [1.29, 1.82) is 5.53 Å². The number of rotatable bonds is 6. The molecule has 0 bridgehead atoms. The normalized spacial score (nSPS) is 21.9. The van der Waals surface area contributed by atoms with Crippen LogP contribution in [0.25, 0.3) is 0 Å². The standard InChI is InChI=1S/C17H19FN5O2/c1-11-6-12(8-20-11)2-3-13-4-5-14(7-16(13)18)23-10-15(9-21-22-19)25-17(23)24/h4-8,12,15,19H,2-3,9-10H2,1H3/q+1/t12?,15-/m0/s1. The number of cyclic esters (lactones) is 1. The number of carbonyl (C=O) groups excluding carboxylic acids is 1. The summed E-state index contributed by atoms with van der Waals surface area (Å²) in [6, 6.07) is 4.78. The van der Waals surface area contributed by atoms with Gasteiger partial charge in [-0.2, -0.15) is 0 Å². The molecule has 2 aliphatic heterocycles. The minimum atomic E-state index is -0.542. The van der Waals surface area contributed by atoms with Crippen molar-refractivity contribution < 1.29 is 13.9 Å². The Hall–Kier alpha value is -2.86. The Kier molecular flexibility index (Phi) is 5.00. The first-order valence-corrected chi connectivity index (χ1v) is 8.09. The second-order valence-corrected chi connectivity index (χ2v) is 6.10. The molecule has 8 heteroatoms. The number of halogens is 1. The number of anilines is 1. The molecule has 2 heterocycles. The average molecular weight is 344 g/mol. The van der Waals surface area contributed by atoms with Crippen molar-refractivity contribution in [3.63, 3.8) is 0 Å². The van der Waals surface area contributed by atoms with Crippen LogP contribution >= 0.6 is 0 Å². The summed E-state index contributed by atoms with van der Waals surface area (Å²) < 4.78 is 19.5. The van der Waals surface area contributed by atoms with E-state index in [1.807, 2.05) is 13.1 Å². The molecule has 0 aliphatic carbocycles. The number of nitrogens with one attached hydrogen (secondary N) is 1. The van der Waals surface area contributed by atoms with Crippen LogP contribution < -0.4 is 9.81 Å². The predicted octanol–water partition coefficient (Wildman–Crippen LogP) is 3.24. The Balaban J connectivity index is 1.64. The predicted molar refractivity (Wildman–Crippen MR) is 90.2 cm³/mol. The molecule has 0 radical (unpaired) electrons. The van der Waals surface area contributed by atoms with Gasteiger partial charge in [0.05, 0.1) is 12.2 Å². The fourth-order valence-corrected chi connectivity index (χ4v) is 2.96. The molecule has 1 amide bonds. The molecule has 3 rings (SSSR count). The largest absolute Gasteiger partial charge is 0.442 e. The van der Waals surface area contributed by atoms with Gasteiger partial charge in [0.25, 0.3) is 0 Å². The Bertz CT molecular complexity index is 785. The smallest absolute Gasteiger partial charge is 0.414 e. The highest BCUT2D eigenvalue weighted by atomic mass is 19.1. The van der Waals surface area contributed by atoms with E-state index in [9.17, 15) is 9.18 Å². The molecule has 1 N–H and O–H groups in total. The molecule has 2 atom stereocenters. The summed E-state index contributed by atoms with van der Waals surface area (Å²) in [4.78, 5) is 20.4. The van der Waals surface area contributed by atoms with Crippen molar-refractivity contribution in [2.24, 2.45) is 16.0 Å². The number of aryl methyl sites for hydroxylation is 1. The van der Waals surface area contributed by atoms with Crippen LogP contribution in [0.4, 0.5) is 14.9 Å². The summed E-state index contributed by atoms with van der Waals surface area (Å²) >= 11 is 0. The van der Waals surface area contributed by atoms with Gasteiger partial charge in [-0.1, -0.05) is 12.1 Å². The summed E-state index contributed by atoms with van der Waals surface area (Å²) in [6.07, 6.45) is 4.34. The van der Waals surface area contributed by atoms with E-state index in [1.165, 1.54) is 11.0 Å². The van der Waals surface area contributed by atoms with Crippen molar-refractivity contribution in [2.45, 2.75) is 25.9 Å². The van der Waals surface area contributed by atoms with Crippen LogP contribution in [0.2, 0.25) is 0 Å². The number of carbonyl (C=O) groups is 1. The highest BCUT2D eigenvalue weighted by Gasteiger charge is 2.33. The number of allylic oxidation sites excluding steroid dienone is 2. The molecule has 1 unspecified atom stereocenters. The first-order valence-electron chi connectivity index (χ1n) is 8.09. The Morgan fingerprint density at radius 1 is 1.52 bits per heavy atom. The van der Waals surface area contributed by atoms with Crippen molar-refractivity contribution in [3.8, 4) is 0 Å². The number of ether oxygens (including phenoxy) is 1. The summed E-state index contributed by atoms with van der Waals surface area (Å²) in [7, 11) is 0. The Labute approximate surface area is 144 Å². The average Bonchev–Trinajstić information content (AvgIpc) is 3.17. The van der Waals surface area contributed by atoms with E-state index in [0.29, 0.717) is 17.7 Å². The maximum Gasteiger partial charge on any atom is 0.414 e. The summed E-state index contributed by atoms with van der Waals surface area (Å²) in [6.45, 7) is 2.33. The highest BCUT2D eigenvalue weighted by Crippen LogP contribution is 2.25. The maximum absolute atomic E-state index is 14.4. The monoisotopic (exact) mass is 344 g/mol. The zero-order chi connectivity index (χ0) is 17.8. The third kappa shape index (κ3) is 3.97. The lowest BCUT2D eigenvalue weighted by molar-refractivity contribution is 0.144. The number of amides is 1. The van der Waals surface area contributed by atoms with Gasteiger partial charge in [-0.3, -0.25) is 9.89 Å². The van der Waals surface area contributed by atoms with Crippen LogP contribution in [-0.2, 0) is 11.2 Å². The second-order valence-electron chi connectivity index (χ2n) is 6.10. The lowest BCUT2D eigenvalue weighted by Crippen LogP contribution is -2.25. The lowest BCUT2D eigenvalue weighted by Gasteiger charge is -2.14. The van der Waals surface area contributed by atoms with E-state index >= 15 is 0 Å². The van der Waals surface area contributed by atoms with Crippen LogP contribution in [-0.4, -0.2) is 31.5 Å². The fraction of sp³-hybridized carbons (Fsp3) is 0.412. The first kappa shape index (κ1) is 17.0. The second kappa shape index (κ2) is 7.36. The third-order valence-corrected chi connectivity index (χ3v) is 4.25. The van der Waals surface area contributed by atoms with Crippen LogP contribution in [0.1, 0.15) is 18.9 Å². The van der Waals surface area contributed by atoms with Gasteiger partial charge >= 0.3 is 6.09 Å². The van der Waals surface area contributed by atoms with Crippen LogP contribution in [0.3, 0.4) is 0 Å². The zero-order valence-electron chi connectivity index (χ0n) is 13.9. The lowest BCUT2D eigenvalue weighted by atomic mass is 10.00. The fourth-order valence-electron chi connectivity index (χ4n) is 2.96. The van der Waals surface area contributed by atoms with Gasteiger partial charge in [0.2, 0.25) is 4.91 Å². The molecular weight excluding hydrogens is 325 g/mol. The molecule has 7 nitrogen and oxygen atoms in total. The Morgan fingerprint density at radius 2 is 2.36 bits per heavy atom. The van der Waals surface area contributed by atoms with Crippen molar-refractivity contribution in [3.05, 3.63) is 41.4 Å².